The standard InChI is InChI=1S/C20H21F3N4/c21-20(22,23)17-8-6-16(7-9-17)14-25-18-11-13-26-19(24,27-18)12-10-15-4-2-1-3-5-15/h1-9,11,13,25,27H,10,12,14,24H2. The highest BCUT2D eigenvalue weighted by atomic mass is 19.4. The quantitative estimate of drug-likeness (QED) is 0.725. The highest BCUT2D eigenvalue weighted by Crippen LogP contribution is 2.29. The summed E-state index contributed by atoms with van der Waals surface area (Å²) in [4.78, 5) is 4.32. The van der Waals surface area contributed by atoms with E-state index in [1.165, 1.54) is 17.7 Å². The number of halogens is 3. The first-order valence-electron chi connectivity index (χ1n) is 8.61. The molecule has 4 nitrogen and oxygen atoms in total. The Labute approximate surface area is 156 Å². The molecule has 0 fully saturated rings. The zero-order valence-corrected chi connectivity index (χ0v) is 14.6. The molecule has 0 saturated heterocycles. The minimum atomic E-state index is -4.33. The molecule has 1 aliphatic rings. The van der Waals surface area contributed by atoms with Gasteiger partial charge in [0.2, 0.25) is 0 Å². The molecule has 0 aromatic heterocycles. The fourth-order valence-corrected chi connectivity index (χ4v) is 2.77. The van der Waals surface area contributed by atoms with Crippen LogP contribution in [0.5, 0.6) is 0 Å². The van der Waals surface area contributed by atoms with Gasteiger partial charge in [-0.1, -0.05) is 42.5 Å². The van der Waals surface area contributed by atoms with Gasteiger partial charge in [-0.2, -0.15) is 13.2 Å². The van der Waals surface area contributed by atoms with Crippen LogP contribution in [0.3, 0.4) is 0 Å². The average Bonchev–Trinajstić information content (AvgIpc) is 2.65. The lowest BCUT2D eigenvalue weighted by molar-refractivity contribution is -0.137. The average molecular weight is 374 g/mol. The molecular weight excluding hydrogens is 353 g/mol. The van der Waals surface area contributed by atoms with Crippen LogP contribution >= 0.6 is 0 Å². The molecule has 0 radical (unpaired) electrons. The molecule has 1 unspecified atom stereocenters. The molecule has 27 heavy (non-hydrogen) atoms. The van der Waals surface area contributed by atoms with E-state index in [2.05, 4.69) is 15.6 Å². The molecule has 0 aliphatic carbocycles. The molecule has 0 saturated carbocycles. The second-order valence-electron chi connectivity index (χ2n) is 6.44. The molecule has 1 atom stereocenters. The number of nitrogens with one attached hydrogen (secondary N) is 2. The number of benzene rings is 2. The van der Waals surface area contributed by atoms with Gasteiger partial charge in [0.1, 0.15) is 5.82 Å². The second kappa shape index (κ2) is 7.84. The first-order valence-corrected chi connectivity index (χ1v) is 8.61. The largest absolute Gasteiger partial charge is 0.416 e. The number of nitrogens with two attached hydrogens (primary N) is 1. The maximum Gasteiger partial charge on any atom is 0.416 e. The zero-order chi connectivity index (χ0) is 19.3. The number of allylic oxidation sites excluding steroid dienone is 1. The van der Waals surface area contributed by atoms with Gasteiger partial charge in [-0.3, -0.25) is 10.7 Å². The van der Waals surface area contributed by atoms with E-state index in [-0.39, 0.29) is 0 Å². The lowest BCUT2D eigenvalue weighted by atomic mass is 10.1. The Balaban J connectivity index is 1.54. The highest BCUT2D eigenvalue weighted by molar-refractivity contribution is 5.73. The second-order valence-corrected chi connectivity index (χ2v) is 6.44. The number of aliphatic imine (C=N–C) groups is 1. The van der Waals surface area contributed by atoms with Crippen molar-refractivity contribution in [2.75, 3.05) is 0 Å². The van der Waals surface area contributed by atoms with Crippen LogP contribution in [0.4, 0.5) is 13.2 Å². The number of nitrogens with zero attached hydrogens (tertiary/aromatic N) is 1. The number of hydrogen-bond donors (Lipinski definition) is 3. The normalized spacial score (nSPS) is 19.3. The van der Waals surface area contributed by atoms with E-state index in [4.69, 9.17) is 5.73 Å². The maximum absolute atomic E-state index is 12.6. The molecule has 1 heterocycles. The van der Waals surface area contributed by atoms with E-state index >= 15 is 0 Å². The van der Waals surface area contributed by atoms with Crippen LogP contribution in [0, 0.1) is 0 Å². The van der Waals surface area contributed by atoms with Gasteiger partial charge in [0.25, 0.3) is 0 Å². The third-order valence-electron chi connectivity index (χ3n) is 4.30. The number of aryl methyl sites for hydroxylation is 1. The van der Waals surface area contributed by atoms with Gasteiger partial charge < -0.3 is 10.6 Å². The fraction of sp³-hybridized carbons (Fsp3) is 0.250. The molecule has 4 N–H and O–H groups in total. The van der Waals surface area contributed by atoms with Gasteiger partial charge in [-0.15, -0.1) is 0 Å². The Morgan fingerprint density at radius 2 is 1.70 bits per heavy atom. The fourth-order valence-electron chi connectivity index (χ4n) is 2.77. The van der Waals surface area contributed by atoms with Crippen LogP contribution in [0.2, 0.25) is 0 Å². The highest BCUT2D eigenvalue weighted by Gasteiger charge is 2.30. The maximum atomic E-state index is 12.6. The molecule has 7 heteroatoms. The van der Waals surface area contributed by atoms with Crippen molar-refractivity contribution in [3.05, 3.63) is 83.2 Å². The lowest BCUT2D eigenvalue weighted by Crippen LogP contribution is -2.55. The van der Waals surface area contributed by atoms with Crippen LogP contribution in [0.1, 0.15) is 23.1 Å². The summed E-state index contributed by atoms with van der Waals surface area (Å²) in [6.07, 6.45) is 0.433. The molecule has 0 bridgehead atoms. The smallest absolute Gasteiger partial charge is 0.368 e. The lowest BCUT2D eigenvalue weighted by Gasteiger charge is -2.31. The SMILES string of the molecule is NC1(CCc2ccccc2)N=CC=C(NCc2ccc(C(F)(F)F)cc2)N1. The summed E-state index contributed by atoms with van der Waals surface area (Å²) in [5, 5.41) is 6.30. The first-order chi connectivity index (χ1) is 12.8. The summed E-state index contributed by atoms with van der Waals surface area (Å²) in [6, 6.07) is 15.1. The molecule has 1 aliphatic heterocycles. The van der Waals surface area contributed by atoms with Crippen molar-refractivity contribution >= 4 is 6.21 Å². The van der Waals surface area contributed by atoms with Crippen molar-refractivity contribution in [2.24, 2.45) is 10.7 Å². The molecule has 3 rings (SSSR count). The monoisotopic (exact) mass is 374 g/mol. The van der Waals surface area contributed by atoms with Gasteiger partial charge in [0, 0.05) is 19.2 Å². The zero-order valence-electron chi connectivity index (χ0n) is 14.6. The summed E-state index contributed by atoms with van der Waals surface area (Å²) in [6.45, 7) is 0.375. The van der Waals surface area contributed by atoms with E-state index in [0.717, 1.165) is 24.1 Å². The van der Waals surface area contributed by atoms with E-state index < -0.39 is 17.5 Å². The van der Waals surface area contributed by atoms with Crippen molar-refractivity contribution in [1.82, 2.24) is 10.6 Å². The predicted molar refractivity (Wildman–Crippen MR) is 99.7 cm³/mol. The van der Waals surface area contributed by atoms with Crippen molar-refractivity contribution in [3.8, 4) is 0 Å². The van der Waals surface area contributed by atoms with Gasteiger partial charge in [-0.25, -0.2) is 0 Å². The van der Waals surface area contributed by atoms with E-state index in [0.29, 0.717) is 18.8 Å². The number of rotatable bonds is 6. The van der Waals surface area contributed by atoms with Crippen molar-refractivity contribution in [2.45, 2.75) is 31.3 Å². The van der Waals surface area contributed by atoms with Crippen molar-refractivity contribution in [1.29, 1.82) is 0 Å². The summed E-state index contributed by atoms with van der Waals surface area (Å²) < 4.78 is 37.8. The van der Waals surface area contributed by atoms with Crippen LogP contribution in [-0.4, -0.2) is 12.0 Å². The molecular formula is C20H21F3N4. The van der Waals surface area contributed by atoms with Crippen LogP contribution in [0.25, 0.3) is 0 Å². The summed E-state index contributed by atoms with van der Waals surface area (Å²) in [5.74, 6) is -0.243. The van der Waals surface area contributed by atoms with Crippen LogP contribution in [-0.2, 0) is 19.1 Å². The third kappa shape index (κ3) is 5.34. The summed E-state index contributed by atoms with van der Waals surface area (Å²) >= 11 is 0. The van der Waals surface area contributed by atoms with Crippen molar-refractivity contribution < 1.29 is 13.2 Å². The topological polar surface area (TPSA) is 62.4 Å². The predicted octanol–water partition coefficient (Wildman–Crippen LogP) is 3.56. The van der Waals surface area contributed by atoms with Crippen molar-refractivity contribution in [3.63, 3.8) is 0 Å². The van der Waals surface area contributed by atoms with Crippen LogP contribution in [0.15, 0.2) is 71.5 Å². The van der Waals surface area contributed by atoms with Gasteiger partial charge >= 0.3 is 6.18 Å². The van der Waals surface area contributed by atoms with E-state index in [1.54, 1.807) is 12.3 Å². The molecule has 2 aromatic rings. The Kier molecular flexibility index (Phi) is 5.51. The molecule has 0 amide bonds. The van der Waals surface area contributed by atoms with Gasteiger partial charge in [0.05, 0.1) is 5.56 Å². The molecule has 2 aromatic carbocycles. The number of alkyl halides is 3. The molecule has 0 spiro atoms. The van der Waals surface area contributed by atoms with Crippen LogP contribution < -0.4 is 16.4 Å². The summed E-state index contributed by atoms with van der Waals surface area (Å²) in [5.41, 5.74) is 7.57. The first kappa shape index (κ1) is 19.0. The minimum absolute atomic E-state index is 0.375. The summed E-state index contributed by atoms with van der Waals surface area (Å²) in [7, 11) is 0. The minimum Gasteiger partial charge on any atom is -0.368 e. The Morgan fingerprint density at radius 3 is 2.37 bits per heavy atom. The Hall–Kier alpha value is -2.80. The van der Waals surface area contributed by atoms with Gasteiger partial charge in [-0.05, 0) is 35.8 Å². The molecule has 142 valence electrons. The van der Waals surface area contributed by atoms with Gasteiger partial charge in [0.15, 0.2) is 5.79 Å². The third-order valence-corrected chi connectivity index (χ3v) is 4.30. The Bertz CT molecular complexity index is 813. The number of hydrogen-bond acceptors (Lipinski definition) is 4. The van der Waals surface area contributed by atoms with E-state index in [1.807, 2.05) is 30.3 Å². The Morgan fingerprint density at radius 1 is 1.00 bits per heavy atom. The van der Waals surface area contributed by atoms with E-state index in [9.17, 15) is 13.2 Å².